The Balaban J connectivity index is 1.51. The molecular formula is C20H23N3O3. The van der Waals surface area contributed by atoms with Gasteiger partial charge in [0.15, 0.2) is 11.5 Å². The van der Waals surface area contributed by atoms with Gasteiger partial charge in [0.25, 0.3) is 5.91 Å². The fourth-order valence-electron chi connectivity index (χ4n) is 3.46. The molecule has 4 rings (SSSR count). The van der Waals surface area contributed by atoms with E-state index in [0.717, 1.165) is 24.3 Å². The minimum atomic E-state index is -0.0787. The van der Waals surface area contributed by atoms with E-state index in [1.807, 2.05) is 18.2 Å². The summed E-state index contributed by atoms with van der Waals surface area (Å²) in [5, 5.41) is 6.38. The van der Waals surface area contributed by atoms with E-state index in [9.17, 15) is 4.79 Å². The van der Waals surface area contributed by atoms with E-state index in [4.69, 9.17) is 9.47 Å². The number of aromatic nitrogens is 1. The molecule has 2 heterocycles. The van der Waals surface area contributed by atoms with Gasteiger partial charge in [-0.15, -0.1) is 0 Å². The predicted octanol–water partition coefficient (Wildman–Crippen LogP) is 3.66. The predicted molar refractivity (Wildman–Crippen MR) is 99.3 cm³/mol. The highest BCUT2D eigenvalue weighted by Gasteiger charge is 2.19. The molecular weight excluding hydrogens is 330 g/mol. The topological polar surface area (TPSA) is 72.5 Å². The maximum atomic E-state index is 12.7. The van der Waals surface area contributed by atoms with E-state index in [1.165, 1.54) is 19.3 Å². The van der Waals surface area contributed by atoms with Crippen LogP contribution in [0.15, 0.2) is 36.5 Å². The van der Waals surface area contributed by atoms with Gasteiger partial charge in [-0.3, -0.25) is 4.79 Å². The molecule has 1 amide bonds. The van der Waals surface area contributed by atoms with Gasteiger partial charge in [0, 0.05) is 24.0 Å². The van der Waals surface area contributed by atoms with Crippen molar-refractivity contribution in [2.45, 2.75) is 38.1 Å². The van der Waals surface area contributed by atoms with Gasteiger partial charge in [-0.2, -0.15) is 0 Å². The Hall–Kier alpha value is -2.76. The molecule has 1 aromatic carbocycles. The number of fused-ring (bicyclic) bond motifs is 1. The molecule has 2 N–H and O–H groups in total. The van der Waals surface area contributed by atoms with E-state index in [1.54, 1.807) is 18.3 Å². The van der Waals surface area contributed by atoms with Gasteiger partial charge in [0.05, 0.1) is 5.56 Å². The summed E-state index contributed by atoms with van der Waals surface area (Å²) in [4.78, 5) is 17.1. The van der Waals surface area contributed by atoms with E-state index in [0.29, 0.717) is 30.3 Å². The molecule has 0 spiro atoms. The fourth-order valence-corrected chi connectivity index (χ4v) is 3.46. The summed E-state index contributed by atoms with van der Waals surface area (Å²) in [6.07, 6.45) is 7.41. The number of hydrogen-bond donors (Lipinski definition) is 2. The maximum Gasteiger partial charge on any atom is 0.255 e. The summed E-state index contributed by atoms with van der Waals surface area (Å²) >= 11 is 0. The number of nitrogens with one attached hydrogen (secondary N) is 2. The van der Waals surface area contributed by atoms with Gasteiger partial charge in [-0.05, 0) is 37.1 Å². The Kier molecular flexibility index (Phi) is 4.91. The summed E-state index contributed by atoms with van der Waals surface area (Å²) in [5.41, 5.74) is 1.35. The Morgan fingerprint density at radius 3 is 2.69 bits per heavy atom. The van der Waals surface area contributed by atoms with Crippen LogP contribution >= 0.6 is 0 Å². The Labute approximate surface area is 152 Å². The summed E-state index contributed by atoms with van der Waals surface area (Å²) in [6.45, 7) is 1.10. The minimum Gasteiger partial charge on any atom is -0.486 e. The van der Waals surface area contributed by atoms with Crippen molar-refractivity contribution >= 4 is 17.4 Å². The lowest BCUT2D eigenvalue weighted by Crippen LogP contribution is -2.36. The first-order valence-electron chi connectivity index (χ1n) is 9.22. The summed E-state index contributed by atoms with van der Waals surface area (Å²) in [7, 11) is 0. The number of anilines is 2. The molecule has 26 heavy (non-hydrogen) atoms. The molecule has 6 heteroatoms. The van der Waals surface area contributed by atoms with Crippen molar-refractivity contribution in [3.05, 3.63) is 42.1 Å². The van der Waals surface area contributed by atoms with Gasteiger partial charge >= 0.3 is 0 Å². The van der Waals surface area contributed by atoms with Crippen LogP contribution in [0.3, 0.4) is 0 Å². The van der Waals surface area contributed by atoms with Crippen molar-refractivity contribution in [1.29, 1.82) is 0 Å². The summed E-state index contributed by atoms with van der Waals surface area (Å²) in [6, 6.07) is 9.47. The average molecular weight is 353 g/mol. The zero-order chi connectivity index (χ0) is 17.8. The Bertz CT molecular complexity index is 788. The smallest absolute Gasteiger partial charge is 0.255 e. The number of rotatable bonds is 4. The molecule has 2 aliphatic rings. The highest BCUT2D eigenvalue weighted by Crippen LogP contribution is 2.33. The van der Waals surface area contributed by atoms with Crippen molar-refractivity contribution in [2.24, 2.45) is 0 Å². The van der Waals surface area contributed by atoms with Gasteiger partial charge in [-0.1, -0.05) is 19.3 Å². The van der Waals surface area contributed by atoms with Crippen molar-refractivity contribution in [1.82, 2.24) is 10.3 Å². The second-order valence-electron chi connectivity index (χ2n) is 6.69. The monoisotopic (exact) mass is 353 g/mol. The van der Waals surface area contributed by atoms with Gasteiger partial charge in [0.1, 0.15) is 19.0 Å². The van der Waals surface area contributed by atoms with Crippen LogP contribution < -0.4 is 20.1 Å². The van der Waals surface area contributed by atoms with Crippen molar-refractivity contribution in [2.75, 3.05) is 18.5 Å². The number of carbonyl (C=O) groups excluding carboxylic acids is 1. The molecule has 136 valence electrons. The van der Waals surface area contributed by atoms with Crippen molar-refractivity contribution in [3.8, 4) is 11.5 Å². The molecule has 6 nitrogen and oxygen atoms in total. The normalized spacial score (nSPS) is 16.8. The zero-order valence-electron chi connectivity index (χ0n) is 14.7. The first-order chi connectivity index (χ1) is 12.8. The number of carbonyl (C=O) groups is 1. The third kappa shape index (κ3) is 3.74. The molecule has 1 aliphatic heterocycles. The van der Waals surface area contributed by atoms with Crippen LogP contribution in [0.2, 0.25) is 0 Å². The molecule has 0 radical (unpaired) electrons. The fraction of sp³-hybridized carbons (Fsp3) is 0.400. The molecule has 0 atom stereocenters. The van der Waals surface area contributed by atoms with E-state index in [-0.39, 0.29) is 11.9 Å². The molecule has 0 unspecified atom stereocenters. The van der Waals surface area contributed by atoms with Crippen LogP contribution in [0.25, 0.3) is 0 Å². The number of benzene rings is 1. The van der Waals surface area contributed by atoms with Crippen LogP contribution in [0.4, 0.5) is 11.5 Å². The third-order valence-electron chi connectivity index (χ3n) is 4.80. The number of hydrogen-bond acceptors (Lipinski definition) is 5. The Morgan fingerprint density at radius 1 is 1.04 bits per heavy atom. The van der Waals surface area contributed by atoms with Gasteiger partial charge in [0.2, 0.25) is 0 Å². The summed E-state index contributed by atoms with van der Waals surface area (Å²) < 4.78 is 11.2. The molecule has 0 saturated heterocycles. The first kappa shape index (κ1) is 16.7. The quantitative estimate of drug-likeness (QED) is 0.878. The summed E-state index contributed by atoms with van der Waals surface area (Å²) in [5.74, 6) is 1.89. The lowest BCUT2D eigenvalue weighted by Gasteiger charge is -2.23. The molecule has 1 aliphatic carbocycles. The van der Waals surface area contributed by atoms with Crippen LogP contribution in [0.5, 0.6) is 11.5 Å². The number of pyridine rings is 1. The van der Waals surface area contributed by atoms with Crippen LogP contribution in [0, 0.1) is 0 Å². The first-order valence-corrected chi connectivity index (χ1v) is 9.22. The second kappa shape index (κ2) is 7.64. The number of nitrogens with zero attached hydrogens (tertiary/aromatic N) is 1. The van der Waals surface area contributed by atoms with Crippen LogP contribution in [-0.4, -0.2) is 30.1 Å². The standard InChI is InChI=1S/C20H23N3O3/c24-20(23-14-5-2-1-3-6-14)16-7-4-10-21-19(16)22-15-8-9-17-18(13-15)26-12-11-25-17/h4,7-10,13-14H,1-3,5-6,11-12H2,(H,21,22)(H,23,24). The van der Waals surface area contributed by atoms with Crippen molar-refractivity contribution in [3.63, 3.8) is 0 Å². The average Bonchev–Trinajstić information content (AvgIpc) is 2.69. The molecule has 1 aromatic heterocycles. The lowest BCUT2D eigenvalue weighted by atomic mass is 9.95. The van der Waals surface area contributed by atoms with Crippen molar-refractivity contribution < 1.29 is 14.3 Å². The van der Waals surface area contributed by atoms with E-state index < -0.39 is 0 Å². The highest BCUT2D eigenvalue weighted by molar-refractivity contribution is 5.99. The largest absolute Gasteiger partial charge is 0.486 e. The number of amides is 1. The molecule has 2 aromatic rings. The van der Waals surface area contributed by atoms with Gasteiger partial charge in [-0.25, -0.2) is 4.98 Å². The molecule has 1 saturated carbocycles. The third-order valence-corrected chi connectivity index (χ3v) is 4.80. The lowest BCUT2D eigenvalue weighted by molar-refractivity contribution is 0.0928. The van der Waals surface area contributed by atoms with Gasteiger partial charge < -0.3 is 20.1 Å². The zero-order valence-corrected chi connectivity index (χ0v) is 14.7. The highest BCUT2D eigenvalue weighted by atomic mass is 16.6. The maximum absolute atomic E-state index is 12.7. The Morgan fingerprint density at radius 2 is 1.85 bits per heavy atom. The number of ether oxygens (including phenoxy) is 2. The minimum absolute atomic E-state index is 0.0787. The second-order valence-corrected chi connectivity index (χ2v) is 6.69. The molecule has 0 bridgehead atoms. The van der Waals surface area contributed by atoms with E-state index in [2.05, 4.69) is 15.6 Å². The van der Waals surface area contributed by atoms with E-state index >= 15 is 0 Å². The molecule has 1 fully saturated rings. The van der Waals surface area contributed by atoms with Crippen LogP contribution in [0.1, 0.15) is 42.5 Å². The van der Waals surface area contributed by atoms with Crippen LogP contribution in [-0.2, 0) is 0 Å². The SMILES string of the molecule is O=C(NC1CCCCC1)c1cccnc1Nc1ccc2c(c1)OCCO2.